The van der Waals surface area contributed by atoms with Crippen LogP contribution in [0.2, 0.25) is 5.15 Å². The van der Waals surface area contributed by atoms with Gasteiger partial charge >= 0.3 is 0 Å². The molecule has 3 fully saturated rings. The molecule has 0 aromatic carbocycles. The topological polar surface area (TPSA) is 79.1 Å². The Balaban J connectivity index is 1.67. The third-order valence-corrected chi connectivity index (χ3v) is 6.52. The van der Waals surface area contributed by atoms with Gasteiger partial charge in [0.05, 0.1) is 17.8 Å². The van der Waals surface area contributed by atoms with Crippen molar-refractivity contribution in [1.82, 2.24) is 19.5 Å². The first-order valence-electron chi connectivity index (χ1n) is 8.17. The number of hydrogen-bond acceptors (Lipinski definition) is 6. The fourth-order valence-electron chi connectivity index (χ4n) is 4.76. The number of fused-ring (bicyclic) bond motifs is 4. The summed E-state index contributed by atoms with van der Waals surface area (Å²) >= 11 is 8.26. The van der Waals surface area contributed by atoms with E-state index in [2.05, 4.69) is 15.0 Å². The molecular weight excluding hydrogens is 459 g/mol. The minimum atomic E-state index is -0.707. The van der Waals surface area contributed by atoms with Gasteiger partial charge in [0.2, 0.25) is 0 Å². The van der Waals surface area contributed by atoms with Crippen molar-refractivity contribution < 1.29 is 14.3 Å². The number of ether oxygens (including phenoxy) is 2. The Labute approximate surface area is 162 Å². The molecule has 2 unspecified atom stereocenters. The highest BCUT2D eigenvalue weighted by Crippen LogP contribution is 2.71. The maximum Gasteiger partial charge on any atom is 0.194 e. The number of imidazole rings is 1. The van der Waals surface area contributed by atoms with Gasteiger partial charge in [0.25, 0.3) is 0 Å². The van der Waals surface area contributed by atoms with Crippen LogP contribution < -0.4 is 0 Å². The van der Waals surface area contributed by atoms with Crippen molar-refractivity contribution in [2.24, 2.45) is 11.3 Å². The van der Waals surface area contributed by atoms with Crippen LogP contribution in [-0.4, -0.2) is 43.3 Å². The summed E-state index contributed by atoms with van der Waals surface area (Å²) < 4.78 is 14.9. The van der Waals surface area contributed by atoms with E-state index in [1.807, 2.05) is 41.0 Å². The third kappa shape index (κ3) is 2.05. The number of carbonyl (C=O) groups excluding carboxylic acids is 1. The van der Waals surface area contributed by atoms with Crippen LogP contribution in [0, 0.1) is 15.2 Å². The smallest absolute Gasteiger partial charge is 0.194 e. The third-order valence-electron chi connectivity index (χ3n) is 5.77. The molecule has 1 aliphatic heterocycles. The van der Waals surface area contributed by atoms with Crippen LogP contribution in [0.4, 0.5) is 0 Å². The van der Waals surface area contributed by atoms with Crippen molar-refractivity contribution in [3.63, 3.8) is 0 Å². The van der Waals surface area contributed by atoms with Crippen LogP contribution in [0.15, 0.2) is 6.33 Å². The highest BCUT2D eigenvalue weighted by molar-refractivity contribution is 14.1. The molecule has 5 rings (SSSR count). The van der Waals surface area contributed by atoms with Gasteiger partial charge in [-0.15, -0.1) is 0 Å². The van der Waals surface area contributed by atoms with Gasteiger partial charge in [-0.05, 0) is 33.1 Å². The van der Waals surface area contributed by atoms with Gasteiger partial charge < -0.3 is 14.0 Å². The van der Waals surface area contributed by atoms with E-state index >= 15 is 0 Å². The SMILES string of the molecule is CC(=O)[C@@]12CC1[C@@H](n1cnc3c(Cl)nc(I)nc31)C1OC(C)(C)O[C@H]12. The Bertz CT molecular complexity index is 931. The summed E-state index contributed by atoms with van der Waals surface area (Å²) in [5.74, 6) is -0.371. The van der Waals surface area contributed by atoms with Crippen LogP contribution in [0.25, 0.3) is 11.2 Å². The fourth-order valence-corrected chi connectivity index (χ4v) is 5.58. The summed E-state index contributed by atoms with van der Waals surface area (Å²) in [6.07, 6.45) is 2.10. The van der Waals surface area contributed by atoms with E-state index in [0.29, 0.717) is 20.1 Å². The van der Waals surface area contributed by atoms with E-state index in [1.165, 1.54) is 0 Å². The quantitative estimate of drug-likeness (QED) is 0.378. The lowest BCUT2D eigenvalue weighted by molar-refractivity contribution is -0.163. The summed E-state index contributed by atoms with van der Waals surface area (Å²) in [6, 6.07) is -0.0533. The predicted molar refractivity (Wildman–Crippen MR) is 97.1 cm³/mol. The first kappa shape index (κ1) is 16.3. The van der Waals surface area contributed by atoms with Crippen molar-refractivity contribution in [3.05, 3.63) is 15.3 Å². The molecule has 2 saturated carbocycles. The Morgan fingerprint density at radius 3 is 2.88 bits per heavy atom. The Hall–Kier alpha value is -0.840. The lowest BCUT2D eigenvalue weighted by Gasteiger charge is -2.24. The van der Waals surface area contributed by atoms with Crippen LogP contribution in [0.5, 0.6) is 0 Å². The number of Topliss-reactive ketones (excluding diaryl/α,β-unsaturated/α-hetero) is 1. The molecule has 0 N–H and O–H groups in total. The summed E-state index contributed by atoms with van der Waals surface area (Å²) in [7, 11) is 0. The molecular formula is C16H16ClIN4O3. The zero-order valence-electron chi connectivity index (χ0n) is 13.9. The zero-order chi connectivity index (χ0) is 17.7. The first-order chi connectivity index (χ1) is 11.7. The highest BCUT2D eigenvalue weighted by Gasteiger charge is 2.78. The second kappa shape index (κ2) is 4.90. The molecule has 2 aliphatic carbocycles. The van der Waals surface area contributed by atoms with Crippen molar-refractivity contribution in [1.29, 1.82) is 0 Å². The van der Waals surface area contributed by atoms with E-state index in [4.69, 9.17) is 21.1 Å². The standard InChI is InChI=1S/C16H16ClIN4O3/c1-6(23)16-4-7(16)9(10-11(16)25-15(2,3)24-10)22-5-19-8-12(17)20-14(18)21-13(8)22/h5,7,9-11H,4H2,1-3H3/t7?,9-,10?,11-,16+/m1/s1. The van der Waals surface area contributed by atoms with Gasteiger partial charge in [0.15, 0.2) is 20.4 Å². The molecule has 5 atom stereocenters. The molecule has 0 radical (unpaired) electrons. The van der Waals surface area contributed by atoms with Crippen molar-refractivity contribution in [3.8, 4) is 0 Å². The van der Waals surface area contributed by atoms with Crippen molar-refractivity contribution >= 4 is 51.1 Å². The average molecular weight is 475 g/mol. The number of aromatic nitrogens is 4. The van der Waals surface area contributed by atoms with Crippen LogP contribution >= 0.6 is 34.2 Å². The van der Waals surface area contributed by atoms with Gasteiger partial charge in [0.1, 0.15) is 23.5 Å². The van der Waals surface area contributed by atoms with Gasteiger partial charge in [-0.2, -0.15) is 0 Å². The van der Waals surface area contributed by atoms with Gasteiger partial charge in [-0.25, -0.2) is 15.0 Å². The molecule has 7 nitrogen and oxygen atoms in total. The van der Waals surface area contributed by atoms with E-state index in [-0.39, 0.29) is 30.0 Å². The molecule has 0 spiro atoms. The lowest BCUT2D eigenvalue weighted by Crippen LogP contribution is -2.34. The lowest BCUT2D eigenvalue weighted by atomic mass is 9.95. The number of halogens is 2. The average Bonchev–Trinajstić information content (AvgIpc) is 2.83. The van der Waals surface area contributed by atoms with Crippen molar-refractivity contribution in [2.75, 3.05) is 0 Å². The molecule has 0 amide bonds. The van der Waals surface area contributed by atoms with Crippen molar-refractivity contribution in [2.45, 2.75) is 51.2 Å². The Morgan fingerprint density at radius 2 is 2.16 bits per heavy atom. The minimum Gasteiger partial charge on any atom is -0.343 e. The summed E-state index contributed by atoms with van der Waals surface area (Å²) in [5.41, 5.74) is 0.787. The number of carbonyl (C=O) groups is 1. The number of nitrogens with zero attached hydrogens (tertiary/aromatic N) is 4. The monoisotopic (exact) mass is 474 g/mol. The second-order valence-electron chi connectivity index (χ2n) is 7.53. The van der Waals surface area contributed by atoms with E-state index < -0.39 is 11.2 Å². The molecule has 1 saturated heterocycles. The second-order valence-corrected chi connectivity index (χ2v) is 8.85. The first-order valence-corrected chi connectivity index (χ1v) is 9.62. The van der Waals surface area contributed by atoms with Gasteiger partial charge in [0, 0.05) is 22.6 Å². The summed E-state index contributed by atoms with van der Waals surface area (Å²) in [6.45, 7) is 5.44. The van der Waals surface area contributed by atoms with Crippen LogP contribution in [0.3, 0.4) is 0 Å². The van der Waals surface area contributed by atoms with Gasteiger partial charge in [-0.3, -0.25) is 4.79 Å². The number of hydrogen-bond donors (Lipinski definition) is 0. The summed E-state index contributed by atoms with van der Waals surface area (Å²) in [4.78, 5) is 25.5. The van der Waals surface area contributed by atoms with Crippen LogP contribution in [0.1, 0.15) is 33.2 Å². The van der Waals surface area contributed by atoms with Crippen LogP contribution in [-0.2, 0) is 14.3 Å². The molecule has 9 heteroatoms. The molecule has 25 heavy (non-hydrogen) atoms. The fraction of sp³-hybridized carbons (Fsp3) is 0.625. The highest BCUT2D eigenvalue weighted by atomic mass is 127. The number of ketones is 1. The molecule has 3 aliphatic rings. The molecule has 0 bridgehead atoms. The molecule has 3 heterocycles. The summed E-state index contributed by atoms with van der Waals surface area (Å²) in [5, 5.41) is 0.334. The molecule has 2 aromatic rings. The largest absolute Gasteiger partial charge is 0.343 e. The maximum atomic E-state index is 12.4. The minimum absolute atomic E-state index is 0.0533. The normalized spacial score (nSPS) is 38.0. The zero-order valence-corrected chi connectivity index (χ0v) is 16.8. The maximum absolute atomic E-state index is 12.4. The number of rotatable bonds is 2. The Kier molecular flexibility index (Phi) is 3.21. The van der Waals surface area contributed by atoms with Gasteiger partial charge in [-0.1, -0.05) is 11.6 Å². The van der Waals surface area contributed by atoms with E-state index in [1.54, 1.807) is 13.3 Å². The molecule has 2 aromatic heterocycles. The van der Waals surface area contributed by atoms with E-state index in [0.717, 1.165) is 6.42 Å². The predicted octanol–water partition coefficient (Wildman–Crippen LogP) is 2.75. The Morgan fingerprint density at radius 1 is 1.40 bits per heavy atom. The van der Waals surface area contributed by atoms with E-state index in [9.17, 15) is 4.79 Å². The molecule has 132 valence electrons.